The van der Waals surface area contributed by atoms with Crippen molar-refractivity contribution in [2.75, 3.05) is 0 Å². The van der Waals surface area contributed by atoms with E-state index in [2.05, 4.69) is 0 Å². The first-order valence-electron chi connectivity index (χ1n) is 6.18. The molecule has 0 saturated heterocycles. The summed E-state index contributed by atoms with van der Waals surface area (Å²) in [5.41, 5.74) is 6.78. The van der Waals surface area contributed by atoms with E-state index in [0.29, 0.717) is 6.42 Å². The molecule has 1 atom stereocenters. The summed E-state index contributed by atoms with van der Waals surface area (Å²) in [6.07, 6.45) is 0.474. The van der Waals surface area contributed by atoms with Crippen LogP contribution in [0.15, 0.2) is 24.3 Å². The first-order valence-corrected chi connectivity index (χ1v) is 6.18. The molecule has 0 radical (unpaired) electrons. The van der Waals surface area contributed by atoms with E-state index in [0.717, 1.165) is 5.56 Å². The third-order valence-corrected chi connectivity index (χ3v) is 2.56. The maximum Gasteiger partial charge on any atom is 0.326 e. The topological polar surface area (TPSA) is 52.3 Å². The number of hydrogen-bond acceptors (Lipinski definition) is 3. The quantitative estimate of drug-likeness (QED) is 0.838. The van der Waals surface area contributed by atoms with Gasteiger partial charge in [-0.3, -0.25) is 4.79 Å². The van der Waals surface area contributed by atoms with Crippen molar-refractivity contribution in [2.24, 2.45) is 5.73 Å². The zero-order valence-electron chi connectivity index (χ0n) is 11.9. The minimum Gasteiger partial charge on any atom is -0.459 e. The summed E-state index contributed by atoms with van der Waals surface area (Å²) in [5.74, 6) is -0.365. The molecule has 0 saturated carbocycles. The van der Waals surface area contributed by atoms with E-state index in [-0.39, 0.29) is 5.97 Å². The van der Waals surface area contributed by atoms with E-state index < -0.39 is 11.1 Å². The van der Waals surface area contributed by atoms with Crippen LogP contribution in [0.3, 0.4) is 0 Å². The average molecular weight is 249 g/mol. The standard InChI is InChI=1S/C15H23NO2/c1-11-6-8-12(9-7-11)10-15(5,16)13(17)18-14(2,3)4/h6-9H,10,16H2,1-5H3/t15-/m0/s1. The molecule has 1 rings (SSSR count). The number of nitrogens with two attached hydrogens (primary N) is 1. The predicted octanol–water partition coefficient (Wildman–Crippen LogP) is 2.60. The predicted molar refractivity (Wildman–Crippen MR) is 73.3 cm³/mol. The second-order valence-electron chi connectivity index (χ2n) is 6.08. The number of ether oxygens (including phenoxy) is 1. The Hall–Kier alpha value is -1.35. The van der Waals surface area contributed by atoms with Crippen LogP contribution < -0.4 is 5.73 Å². The molecule has 0 fully saturated rings. The highest BCUT2D eigenvalue weighted by molar-refractivity contribution is 5.80. The molecule has 0 aromatic heterocycles. The molecule has 3 heteroatoms. The van der Waals surface area contributed by atoms with Crippen molar-refractivity contribution in [1.82, 2.24) is 0 Å². The molecule has 18 heavy (non-hydrogen) atoms. The Morgan fingerprint density at radius 3 is 2.11 bits per heavy atom. The molecule has 0 heterocycles. The Balaban J connectivity index is 2.75. The summed E-state index contributed by atoms with van der Waals surface area (Å²) < 4.78 is 5.33. The van der Waals surface area contributed by atoms with Gasteiger partial charge in [-0.15, -0.1) is 0 Å². The van der Waals surface area contributed by atoms with Gasteiger partial charge in [0.05, 0.1) is 0 Å². The third kappa shape index (κ3) is 4.49. The van der Waals surface area contributed by atoms with Gasteiger partial charge in [0, 0.05) is 6.42 Å². The van der Waals surface area contributed by atoms with E-state index in [4.69, 9.17) is 10.5 Å². The zero-order valence-corrected chi connectivity index (χ0v) is 11.9. The summed E-state index contributed by atoms with van der Waals surface area (Å²) in [6, 6.07) is 8.01. The van der Waals surface area contributed by atoms with Crippen LogP contribution in [0.4, 0.5) is 0 Å². The maximum atomic E-state index is 12.0. The van der Waals surface area contributed by atoms with Crippen LogP contribution in [0.5, 0.6) is 0 Å². The molecule has 0 spiro atoms. The van der Waals surface area contributed by atoms with E-state index in [1.165, 1.54) is 5.56 Å². The van der Waals surface area contributed by atoms with Crippen LogP contribution in [-0.4, -0.2) is 17.1 Å². The van der Waals surface area contributed by atoms with E-state index >= 15 is 0 Å². The molecule has 0 amide bonds. The Morgan fingerprint density at radius 2 is 1.67 bits per heavy atom. The zero-order chi connectivity index (χ0) is 14.0. The van der Waals surface area contributed by atoms with Gasteiger partial charge in [-0.25, -0.2) is 0 Å². The summed E-state index contributed by atoms with van der Waals surface area (Å²) in [4.78, 5) is 12.0. The number of esters is 1. The molecular weight excluding hydrogens is 226 g/mol. The third-order valence-electron chi connectivity index (χ3n) is 2.56. The van der Waals surface area contributed by atoms with Gasteiger partial charge in [0.25, 0.3) is 0 Å². The van der Waals surface area contributed by atoms with Crippen LogP contribution in [0.1, 0.15) is 38.8 Å². The Bertz CT molecular complexity index is 413. The Morgan fingerprint density at radius 1 is 1.17 bits per heavy atom. The lowest BCUT2D eigenvalue weighted by Crippen LogP contribution is -2.50. The number of rotatable bonds is 3. The molecule has 3 nitrogen and oxygen atoms in total. The van der Waals surface area contributed by atoms with Gasteiger partial charge in [-0.05, 0) is 40.2 Å². The Kier molecular flexibility index (Phi) is 4.17. The van der Waals surface area contributed by atoms with E-state index in [1.807, 2.05) is 52.0 Å². The fourth-order valence-electron chi connectivity index (χ4n) is 1.60. The first kappa shape index (κ1) is 14.7. The summed E-state index contributed by atoms with van der Waals surface area (Å²) in [6.45, 7) is 9.26. The lowest BCUT2D eigenvalue weighted by molar-refractivity contribution is -0.160. The molecule has 0 unspecified atom stereocenters. The fraction of sp³-hybridized carbons (Fsp3) is 0.533. The lowest BCUT2D eigenvalue weighted by Gasteiger charge is -2.28. The molecule has 0 aliphatic rings. The van der Waals surface area contributed by atoms with Crippen LogP contribution >= 0.6 is 0 Å². The van der Waals surface area contributed by atoms with Gasteiger partial charge in [0.1, 0.15) is 11.1 Å². The highest BCUT2D eigenvalue weighted by atomic mass is 16.6. The fourth-order valence-corrected chi connectivity index (χ4v) is 1.60. The highest BCUT2D eigenvalue weighted by Crippen LogP contribution is 2.17. The van der Waals surface area contributed by atoms with Crippen LogP contribution in [0.2, 0.25) is 0 Å². The monoisotopic (exact) mass is 249 g/mol. The van der Waals surface area contributed by atoms with Gasteiger partial charge in [-0.2, -0.15) is 0 Å². The average Bonchev–Trinajstić information content (AvgIpc) is 2.18. The Labute approximate surface area is 109 Å². The van der Waals surface area contributed by atoms with Crippen LogP contribution in [0, 0.1) is 6.92 Å². The van der Waals surface area contributed by atoms with Crippen molar-refractivity contribution in [3.8, 4) is 0 Å². The number of aryl methyl sites for hydroxylation is 1. The minimum atomic E-state index is -0.997. The minimum absolute atomic E-state index is 0.365. The normalized spacial score (nSPS) is 15.0. The summed E-state index contributed by atoms with van der Waals surface area (Å²) >= 11 is 0. The van der Waals surface area contributed by atoms with Crippen molar-refractivity contribution < 1.29 is 9.53 Å². The first-order chi connectivity index (χ1) is 8.10. The van der Waals surface area contributed by atoms with E-state index in [9.17, 15) is 4.79 Å². The van der Waals surface area contributed by atoms with Crippen molar-refractivity contribution in [3.05, 3.63) is 35.4 Å². The van der Waals surface area contributed by atoms with Crippen molar-refractivity contribution >= 4 is 5.97 Å². The largest absolute Gasteiger partial charge is 0.459 e. The summed E-state index contributed by atoms with van der Waals surface area (Å²) in [7, 11) is 0. The number of carbonyl (C=O) groups excluding carboxylic acids is 1. The second kappa shape index (κ2) is 5.11. The molecule has 100 valence electrons. The molecule has 0 aliphatic heterocycles. The second-order valence-corrected chi connectivity index (χ2v) is 6.08. The molecule has 0 bridgehead atoms. The lowest BCUT2D eigenvalue weighted by atomic mass is 9.93. The molecular formula is C15H23NO2. The SMILES string of the molecule is Cc1ccc(C[C@](C)(N)C(=O)OC(C)(C)C)cc1. The van der Waals surface area contributed by atoms with Crippen molar-refractivity contribution in [2.45, 2.75) is 52.2 Å². The van der Waals surface area contributed by atoms with Gasteiger partial charge in [-0.1, -0.05) is 29.8 Å². The van der Waals surface area contributed by atoms with Gasteiger partial charge in [0.2, 0.25) is 0 Å². The molecule has 1 aromatic carbocycles. The van der Waals surface area contributed by atoms with E-state index in [1.54, 1.807) is 6.92 Å². The molecule has 2 N–H and O–H groups in total. The van der Waals surface area contributed by atoms with Gasteiger partial charge < -0.3 is 10.5 Å². The highest BCUT2D eigenvalue weighted by Gasteiger charge is 2.33. The molecule has 1 aromatic rings. The van der Waals surface area contributed by atoms with Crippen LogP contribution in [-0.2, 0) is 16.0 Å². The summed E-state index contributed by atoms with van der Waals surface area (Å²) in [5, 5.41) is 0. The van der Waals surface area contributed by atoms with Gasteiger partial charge in [0.15, 0.2) is 0 Å². The number of carbonyl (C=O) groups is 1. The number of hydrogen-bond donors (Lipinski definition) is 1. The smallest absolute Gasteiger partial charge is 0.326 e. The van der Waals surface area contributed by atoms with Gasteiger partial charge >= 0.3 is 5.97 Å². The molecule has 0 aliphatic carbocycles. The maximum absolute atomic E-state index is 12.0. The van der Waals surface area contributed by atoms with Crippen LogP contribution in [0.25, 0.3) is 0 Å². The van der Waals surface area contributed by atoms with Crippen molar-refractivity contribution in [1.29, 1.82) is 0 Å². The van der Waals surface area contributed by atoms with Crippen molar-refractivity contribution in [3.63, 3.8) is 0 Å². The number of benzene rings is 1.